The number of carbonyl (C=O) groups is 1. The highest BCUT2D eigenvalue weighted by Crippen LogP contribution is 2.20. The molecule has 0 radical (unpaired) electrons. The summed E-state index contributed by atoms with van der Waals surface area (Å²) in [5, 5.41) is 11.9. The molecule has 0 aliphatic carbocycles. The second kappa shape index (κ2) is 7.65. The van der Waals surface area contributed by atoms with E-state index in [0.29, 0.717) is 22.9 Å². The molecule has 124 valence electrons. The molecule has 0 aliphatic heterocycles. The third-order valence-electron chi connectivity index (χ3n) is 4.04. The lowest BCUT2D eigenvalue weighted by Gasteiger charge is -2.27. The Kier molecular flexibility index (Phi) is 5.59. The zero-order valence-corrected chi connectivity index (χ0v) is 14.6. The van der Waals surface area contributed by atoms with E-state index in [0.717, 1.165) is 17.8 Å². The molecule has 0 bridgehead atoms. The molecule has 0 unspecified atom stereocenters. The van der Waals surface area contributed by atoms with E-state index in [4.69, 9.17) is 5.26 Å². The van der Waals surface area contributed by atoms with Gasteiger partial charge in [-0.25, -0.2) is 0 Å². The van der Waals surface area contributed by atoms with E-state index < -0.39 is 0 Å². The summed E-state index contributed by atoms with van der Waals surface area (Å²) in [5.41, 5.74) is 3.82. The minimum Gasteiger partial charge on any atom is -0.369 e. The molecule has 4 heteroatoms. The predicted octanol–water partition coefficient (Wildman–Crippen LogP) is 4.35. The second-order valence-electron chi connectivity index (χ2n) is 6.02. The molecule has 0 saturated carbocycles. The highest BCUT2D eigenvalue weighted by Gasteiger charge is 2.11. The zero-order chi connectivity index (χ0) is 17.7. The van der Waals surface area contributed by atoms with Gasteiger partial charge in [0.15, 0.2) is 0 Å². The van der Waals surface area contributed by atoms with Crippen LogP contribution in [-0.2, 0) is 0 Å². The zero-order valence-electron chi connectivity index (χ0n) is 14.6. The molecule has 1 amide bonds. The Morgan fingerprint density at radius 2 is 1.88 bits per heavy atom. The van der Waals surface area contributed by atoms with Crippen molar-refractivity contribution in [2.75, 3.05) is 16.8 Å². The van der Waals surface area contributed by atoms with Gasteiger partial charge in [-0.15, -0.1) is 0 Å². The van der Waals surface area contributed by atoms with Crippen LogP contribution in [0, 0.1) is 18.3 Å². The minimum absolute atomic E-state index is 0.174. The average molecular weight is 321 g/mol. The van der Waals surface area contributed by atoms with Gasteiger partial charge in [0.2, 0.25) is 0 Å². The smallest absolute Gasteiger partial charge is 0.255 e. The van der Waals surface area contributed by atoms with Gasteiger partial charge >= 0.3 is 0 Å². The van der Waals surface area contributed by atoms with Gasteiger partial charge in [0.25, 0.3) is 5.91 Å². The average Bonchev–Trinajstić information content (AvgIpc) is 2.57. The first-order valence-corrected chi connectivity index (χ1v) is 8.15. The third kappa shape index (κ3) is 3.94. The molecule has 2 aromatic rings. The normalized spacial score (nSPS) is 10.3. The van der Waals surface area contributed by atoms with Crippen LogP contribution in [0.15, 0.2) is 42.5 Å². The number of benzene rings is 2. The topological polar surface area (TPSA) is 56.1 Å². The highest BCUT2D eigenvalue weighted by atomic mass is 16.1. The van der Waals surface area contributed by atoms with Crippen molar-refractivity contribution < 1.29 is 4.79 Å². The van der Waals surface area contributed by atoms with Crippen LogP contribution in [0.2, 0.25) is 0 Å². The van der Waals surface area contributed by atoms with Crippen molar-refractivity contribution in [3.05, 3.63) is 59.2 Å². The summed E-state index contributed by atoms with van der Waals surface area (Å²) in [6, 6.07) is 15.4. The second-order valence-corrected chi connectivity index (χ2v) is 6.02. The molecular formula is C20H23N3O. The van der Waals surface area contributed by atoms with Gasteiger partial charge in [0, 0.05) is 29.5 Å². The molecule has 1 N–H and O–H groups in total. The first kappa shape index (κ1) is 17.6. The molecule has 2 rings (SSSR count). The molecule has 2 aromatic carbocycles. The van der Waals surface area contributed by atoms with Crippen LogP contribution >= 0.6 is 0 Å². The molecular weight excluding hydrogens is 298 g/mol. The van der Waals surface area contributed by atoms with Crippen LogP contribution in [0.1, 0.15) is 42.3 Å². The largest absolute Gasteiger partial charge is 0.369 e. The maximum atomic E-state index is 12.4. The summed E-state index contributed by atoms with van der Waals surface area (Å²) in [5.74, 6) is -0.174. The maximum absolute atomic E-state index is 12.4. The van der Waals surface area contributed by atoms with Crippen LogP contribution in [0.25, 0.3) is 0 Å². The van der Waals surface area contributed by atoms with Crippen molar-refractivity contribution >= 4 is 17.3 Å². The van der Waals surface area contributed by atoms with E-state index >= 15 is 0 Å². The van der Waals surface area contributed by atoms with E-state index in [1.54, 1.807) is 12.1 Å². The van der Waals surface area contributed by atoms with E-state index in [-0.39, 0.29) is 5.91 Å². The number of nitrogens with zero attached hydrogens (tertiary/aromatic N) is 2. The fourth-order valence-electron chi connectivity index (χ4n) is 2.67. The van der Waals surface area contributed by atoms with Crippen molar-refractivity contribution in [2.24, 2.45) is 0 Å². The summed E-state index contributed by atoms with van der Waals surface area (Å²) < 4.78 is 0. The van der Waals surface area contributed by atoms with Gasteiger partial charge in [0.1, 0.15) is 0 Å². The lowest BCUT2D eigenvalue weighted by molar-refractivity contribution is 0.102. The van der Waals surface area contributed by atoms with E-state index in [1.807, 2.05) is 37.3 Å². The molecule has 0 aromatic heterocycles. The van der Waals surface area contributed by atoms with Crippen molar-refractivity contribution in [3.63, 3.8) is 0 Å². The number of carbonyl (C=O) groups excluding carboxylic acids is 1. The minimum atomic E-state index is -0.174. The van der Waals surface area contributed by atoms with Crippen LogP contribution < -0.4 is 10.2 Å². The van der Waals surface area contributed by atoms with Gasteiger partial charge in [-0.1, -0.05) is 6.07 Å². The lowest BCUT2D eigenvalue weighted by atomic mass is 10.1. The number of nitrogens with one attached hydrogen (secondary N) is 1. The highest BCUT2D eigenvalue weighted by molar-refractivity contribution is 6.04. The van der Waals surface area contributed by atoms with Crippen LogP contribution in [-0.4, -0.2) is 18.5 Å². The van der Waals surface area contributed by atoms with Crippen molar-refractivity contribution in [3.8, 4) is 6.07 Å². The first-order chi connectivity index (χ1) is 11.5. The summed E-state index contributed by atoms with van der Waals surface area (Å²) in [7, 11) is 0. The van der Waals surface area contributed by atoms with Gasteiger partial charge in [-0.05, 0) is 69.7 Å². The predicted molar refractivity (Wildman–Crippen MR) is 98.4 cm³/mol. The number of amides is 1. The van der Waals surface area contributed by atoms with Crippen molar-refractivity contribution in [2.45, 2.75) is 33.7 Å². The molecule has 0 heterocycles. The number of nitriles is 1. The number of hydrogen-bond donors (Lipinski definition) is 1. The Morgan fingerprint density at radius 1 is 1.21 bits per heavy atom. The maximum Gasteiger partial charge on any atom is 0.255 e. The Hall–Kier alpha value is -2.80. The number of hydrogen-bond acceptors (Lipinski definition) is 3. The van der Waals surface area contributed by atoms with E-state index in [2.05, 4.69) is 37.1 Å². The van der Waals surface area contributed by atoms with Crippen LogP contribution in [0.3, 0.4) is 0 Å². The van der Waals surface area contributed by atoms with E-state index in [1.165, 1.54) is 0 Å². The van der Waals surface area contributed by atoms with Crippen LogP contribution in [0.5, 0.6) is 0 Å². The van der Waals surface area contributed by atoms with Crippen molar-refractivity contribution in [1.29, 1.82) is 5.26 Å². The summed E-state index contributed by atoms with van der Waals surface area (Å²) in [4.78, 5) is 14.7. The lowest BCUT2D eigenvalue weighted by Crippen LogP contribution is -2.30. The molecule has 0 aliphatic rings. The van der Waals surface area contributed by atoms with Crippen molar-refractivity contribution in [1.82, 2.24) is 0 Å². The number of anilines is 2. The Morgan fingerprint density at radius 3 is 2.42 bits per heavy atom. The standard InChI is InChI=1S/C20H23N3O/c1-5-23(14(2)3)18-10-8-17(9-11-18)20(24)22-19-12-16(13-21)7-6-15(19)4/h6-12,14H,5H2,1-4H3,(H,22,24). The monoisotopic (exact) mass is 321 g/mol. The molecule has 24 heavy (non-hydrogen) atoms. The fourth-order valence-corrected chi connectivity index (χ4v) is 2.67. The molecule has 0 fully saturated rings. The number of rotatable bonds is 5. The number of aryl methyl sites for hydroxylation is 1. The third-order valence-corrected chi connectivity index (χ3v) is 4.04. The SMILES string of the molecule is CCN(c1ccc(C(=O)Nc2cc(C#N)ccc2C)cc1)C(C)C. The quantitative estimate of drug-likeness (QED) is 0.890. The Labute approximate surface area is 143 Å². The van der Waals surface area contributed by atoms with Gasteiger partial charge in [0.05, 0.1) is 11.6 Å². The Bertz CT molecular complexity index is 757. The van der Waals surface area contributed by atoms with Gasteiger partial charge in [-0.2, -0.15) is 5.26 Å². The molecule has 0 spiro atoms. The molecule has 0 saturated heterocycles. The summed E-state index contributed by atoms with van der Waals surface area (Å²) in [6.07, 6.45) is 0. The summed E-state index contributed by atoms with van der Waals surface area (Å²) >= 11 is 0. The summed E-state index contributed by atoms with van der Waals surface area (Å²) in [6.45, 7) is 9.24. The Balaban J connectivity index is 2.18. The van der Waals surface area contributed by atoms with Gasteiger partial charge < -0.3 is 10.2 Å². The van der Waals surface area contributed by atoms with Gasteiger partial charge in [-0.3, -0.25) is 4.79 Å². The van der Waals surface area contributed by atoms with E-state index in [9.17, 15) is 4.79 Å². The molecule has 4 nitrogen and oxygen atoms in total. The fraction of sp³-hybridized carbons (Fsp3) is 0.300. The first-order valence-electron chi connectivity index (χ1n) is 8.15. The van der Waals surface area contributed by atoms with Crippen LogP contribution in [0.4, 0.5) is 11.4 Å². The molecule has 0 atom stereocenters.